The number of carbonyl (C=O) groups is 1. The van der Waals surface area contributed by atoms with Crippen molar-refractivity contribution in [1.82, 2.24) is 9.88 Å². The van der Waals surface area contributed by atoms with Gasteiger partial charge in [-0.1, -0.05) is 61.4 Å². The molecule has 2 N–H and O–H groups in total. The molecule has 0 radical (unpaired) electrons. The Morgan fingerprint density at radius 3 is 2.64 bits per heavy atom. The Labute approximate surface area is 165 Å². The van der Waals surface area contributed by atoms with Crippen molar-refractivity contribution in [2.24, 2.45) is 5.92 Å². The topological polar surface area (TPSA) is 56.3 Å². The van der Waals surface area contributed by atoms with Gasteiger partial charge in [-0.25, -0.2) is 0 Å². The van der Waals surface area contributed by atoms with Gasteiger partial charge in [-0.15, -0.1) is 0 Å². The zero-order valence-corrected chi connectivity index (χ0v) is 16.0. The molecule has 1 aromatic heterocycles. The van der Waals surface area contributed by atoms with E-state index in [1.54, 1.807) is 0 Å². The van der Waals surface area contributed by atoms with E-state index in [0.717, 1.165) is 47.7 Å². The molecule has 2 fully saturated rings. The summed E-state index contributed by atoms with van der Waals surface area (Å²) in [5.41, 5.74) is 1.88. The minimum Gasteiger partial charge on any atom is -0.385 e. The average molecular weight is 374 g/mol. The number of rotatable bonds is 2. The number of amides is 1. The number of aromatic nitrogens is 1. The first-order valence-electron chi connectivity index (χ1n) is 10.3. The predicted molar refractivity (Wildman–Crippen MR) is 110 cm³/mol. The molecule has 1 aliphatic heterocycles. The van der Waals surface area contributed by atoms with Crippen LogP contribution in [0, 0.1) is 5.92 Å². The van der Waals surface area contributed by atoms with Gasteiger partial charge in [0.15, 0.2) is 0 Å². The van der Waals surface area contributed by atoms with Crippen molar-refractivity contribution in [2.45, 2.75) is 43.7 Å². The first-order chi connectivity index (χ1) is 13.7. The van der Waals surface area contributed by atoms with Crippen LogP contribution in [0.25, 0.3) is 10.9 Å². The van der Waals surface area contributed by atoms with E-state index in [2.05, 4.69) is 4.98 Å². The summed E-state index contributed by atoms with van der Waals surface area (Å²) in [7, 11) is 0. The van der Waals surface area contributed by atoms with Crippen LogP contribution < -0.4 is 0 Å². The second-order valence-corrected chi connectivity index (χ2v) is 8.25. The number of hydrogen-bond acceptors (Lipinski definition) is 2. The van der Waals surface area contributed by atoms with Gasteiger partial charge in [-0.05, 0) is 30.9 Å². The van der Waals surface area contributed by atoms with Gasteiger partial charge in [0.1, 0.15) is 0 Å². The summed E-state index contributed by atoms with van der Waals surface area (Å²) in [6, 6.07) is 18.1. The number of nitrogens with zero attached hydrogens (tertiary/aromatic N) is 1. The van der Waals surface area contributed by atoms with Crippen LogP contribution in [0.3, 0.4) is 0 Å². The van der Waals surface area contributed by atoms with E-state index < -0.39 is 5.60 Å². The molecule has 1 aliphatic carbocycles. The highest BCUT2D eigenvalue weighted by atomic mass is 16.3. The average Bonchev–Trinajstić information content (AvgIpc) is 3.19. The number of para-hydroxylation sites is 1. The van der Waals surface area contributed by atoms with Crippen molar-refractivity contribution in [3.05, 3.63) is 71.9 Å². The van der Waals surface area contributed by atoms with Crippen molar-refractivity contribution in [2.75, 3.05) is 6.54 Å². The number of aliphatic hydroxyl groups is 1. The van der Waals surface area contributed by atoms with Gasteiger partial charge in [-0.3, -0.25) is 4.79 Å². The van der Waals surface area contributed by atoms with Gasteiger partial charge in [0.05, 0.1) is 11.2 Å². The van der Waals surface area contributed by atoms with Crippen LogP contribution in [0.15, 0.2) is 60.8 Å². The molecular formula is C24H26N2O2. The second kappa shape index (κ2) is 6.78. The summed E-state index contributed by atoms with van der Waals surface area (Å²) in [5, 5.41) is 12.7. The molecule has 0 bridgehead atoms. The molecule has 28 heavy (non-hydrogen) atoms. The van der Waals surface area contributed by atoms with Crippen molar-refractivity contribution in [3.8, 4) is 0 Å². The van der Waals surface area contributed by atoms with Gasteiger partial charge in [0, 0.05) is 35.6 Å². The zero-order valence-electron chi connectivity index (χ0n) is 16.0. The maximum atomic E-state index is 13.5. The molecular weight excluding hydrogens is 348 g/mol. The van der Waals surface area contributed by atoms with E-state index in [0.29, 0.717) is 13.0 Å². The Kier molecular flexibility index (Phi) is 4.24. The van der Waals surface area contributed by atoms with Gasteiger partial charge in [-0.2, -0.15) is 0 Å². The van der Waals surface area contributed by atoms with Gasteiger partial charge in [0.25, 0.3) is 5.91 Å². The highest BCUT2D eigenvalue weighted by molar-refractivity contribution is 6.06. The minimum absolute atomic E-state index is 0.0875. The molecule has 4 heteroatoms. The summed E-state index contributed by atoms with van der Waals surface area (Å²) in [4.78, 5) is 18.8. The number of nitrogens with one attached hydrogen (secondary N) is 1. The highest BCUT2D eigenvalue weighted by Gasteiger charge is 2.50. The summed E-state index contributed by atoms with van der Waals surface area (Å²) >= 11 is 0. The molecule has 2 aromatic carbocycles. The Hall–Kier alpha value is -2.59. The van der Waals surface area contributed by atoms with Gasteiger partial charge in [0.2, 0.25) is 0 Å². The normalized spacial score (nSPS) is 27.5. The van der Waals surface area contributed by atoms with Crippen LogP contribution in [0.2, 0.25) is 0 Å². The maximum Gasteiger partial charge on any atom is 0.256 e. The van der Waals surface area contributed by atoms with Gasteiger partial charge < -0.3 is 15.0 Å². The molecule has 5 rings (SSSR count). The summed E-state index contributed by atoms with van der Waals surface area (Å²) in [6.45, 7) is 0.588. The highest BCUT2D eigenvalue weighted by Crippen LogP contribution is 2.47. The molecule has 3 atom stereocenters. The lowest BCUT2D eigenvalue weighted by Crippen LogP contribution is -2.58. The Bertz CT molecular complexity index is 996. The van der Waals surface area contributed by atoms with Crippen molar-refractivity contribution in [3.63, 3.8) is 0 Å². The number of carbonyl (C=O) groups excluding carboxylic acids is 1. The number of fused-ring (bicyclic) bond motifs is 2. The van der Waals surface area contributed by atoms with Crippen LogP contribution in [0.5, 0.6) is 0 Å². The van der Waals surface area contributed by atoms with E-state index in [1.807, 2.05) is 65.7 Å². The predicted octanol–water partition coefficient (Wildman–Crippen LogP) is 4.46. The van der Waals surface area contributed by atoms with E-state index >= 15 is 0 Å². The van der Waals surface area contributed by atoms with Crippen LogP contribution in [-0.2, 0) is 5.60 Å². The minimum atomic E-state index is -0.844. The molecule has 1 saturated carbocycles. The Morgan fingerprint density at radius 2 is 1.79 bits per heavy atom. The molecule has 4 nitrogen and oxygen atoms in total. The lowest BCUT2D eigenvalue weighted by Gasteiger charge is -2.52. The molecule has 2 heterocycles. The largest absolute Gasteiger partial charge is 0.385 e. The van der Waals surface area contributed by atoms with Crippen LogP contribution in [-0.4, -0.2) is 33.5 Å². The van der Waals surface area contributed by atoms with E-state index in [-0.39, 0.29) is 17.9 Å². The number of piperidine rings is 1. The lowest BCUT2D eigenvalue weighted by atomic mass is 9.66. The molecule has 1 saturated heterocycles. The number of aromatic amines is 1. The molecule has 2 aliphatic rings. The van der Waals surface area contributed by atoms with Crippen LogP contribution in [0.1, 0.15) is 48.0 Å². The van der Waals surface area contributed by atoms with Crippen molar-refractivity contribution in [1.29, 1.82) is 0 Å². The second-order valence-electron chi connectivity index (χ2n) is 8.25. The molecule has 1 amide bonds. The van der Waals surface area contributed by atoms with E-state index in [9.17, 15) is 9.90 Å². The maximum absolute atomic E-state index is 13.5. The molecule has 0 spiro atoms. The summed E-state index contributed by atoms with van der Waals surface area (Å²) < 4.78 is 0. The lowest BCUT2D eigenvalue weighted by molar-refractivity contribution is -0.110. The fraction of sp³-hybridized carbons (Fsp3) is 0.375. The number of H-pyrrole nitrogens is 1. The Morgan fingerprint density at radius 1 is 1.04 bits per heavy atom. The Balaban J connectivity index is 1.50. The number of likely N-dealkylation sites (tertiary alicyclic amines) is 1. The van der Waals surface area contributed by atoms with E-state index in [1.165, 1.54) is 0 Å². The molecule has 144 valence electrons. The summed E-state index contributed by atoms with van der Waals surface area (Å²) in [5.74, 6) is 0.177. The van der Waals surface area contributed by atoms with Crippen molar-refractivity contribution < 1.29 is 9.90 Å². The van der Waals surface area contributed by atoms with Crippen LogP contribution in [0.4, 0.5) is 0 Å². The number of hydrogen-bond donors (Lipinski definition) is 2. The van der Waals surface area contributed by atoms with E-state index in [4.69, 9.17) is 0 Å². The first-order valence-corrected chi connectivity index (χ1v) is 10.3. The molecule has 1 unspecified atom stereocenters. The molecule has 3 aromatic rings. The van der Waals surface area contributed by atoms with Gasteiger partial charge >= 0.3 is 0 Å². The number of benzene rings is 2. The van der Waals surface area contributed by atoms with Crippen molar-refractivity contribution >= 4 is 16.8 Å². The standard InChI is InChI=1S/C24H26N2O2/c27-23(19-16-25-21-12-6-4-10-18(19)21)26-15-14-24(28,17-8-2-1-3-9-17)20-11-5-7-13-22(20)26/h1-4,6,8-10,12,16,20,22,25,28H,5,7,11,13-15H2/t20-,22?,24-/m1/s1. The summed E-state index contributed by atoms with van der Waals surface area (Å²) in [6.07, 6.45) is 6.59. The third-order valence-electron chi connectivity index (χ3n) is 6.83. The monoisotopic (exact) mass is 374 g/mol. The zero-order chi connectivity index (χ0) is 19.1. The third-order valence-corrected chi connectivity index (χ3v) is 6.83. The fourth-order valence-electron chi connectivity index (χ4n) is 5.42. The SMILES string of the molecule is O=C(c1c[nH]c2ccccc12)N1CC[C@@](O)(c2ccccc2)[C@@H]2CCCCC21. The third kappa shape index (κ3) is 2.67. The smallest absolute Gasteiger partial charge is 0.256 e. The quantitative estimate of drug-likeness (QED) is 0.696. The van der Waals surface area contributed by atoms with Crippen LogP contribution >= 0.6 is 0 Å². The fourth-order valence-corrected chi connectivity index (χ4v) is 5.42. The first kappa shape index (κ1) is 17.5.